The number of benzene rings is 3. The molecule has 1 N–H and O–H groups in total. The monoisotopic (exact) mass is 623 g/mol. The third-order valence-corrected chi connectivity index (χ3v) is 10.1. The van der Waals surface area contributed by atoms with Crippen molar-refractivity contribution in [3.05, 3.63) is 82.1 Å². The molecule has 3 aromatic rings. The first-order chi connectivity index (χ1) is 21.2. The van der Waals surface area contributed by atoms with Crippen molar-refractivity contribution in [1.82, 2.24) is 0 Å². The van der Waals surface area contributed by atoms with E-state index < -0.39 is 11.4 Å². The van der Waals surface area contributed by atoms with E-state index in [9.17, 15) is 9.18 Å². The summed E-state index contributed by atoms with van der Waals surface area (Å²) in [6, 6.07) is 16.7. The molecule has 0 aromatic heterocycles. The van der Waals surface area contributed by atoms with Crippen molar-refractivity contribution in [2.24, 2.45) is 11.8 Å². The number of hydrogen-bond donors (Lipinski definition) is 1. The minimum atomic E-state index is -0.947. The van der Waals surface area contributed by atoms with Gasteiger partial charge in [0.15, 0.2) is 11.5 Å². The van der Waals surface area contributed by atoms with Gasteiger partial charge >= 0.3 is 5.97 Å². The molecule has 1 spiro atoms. The van der Waals surface area contributed by atoms with Crippen molar-refractivity contribution in [2.75, 3.05) is 32.9 Å². The van der Waals surface area contributed by atoms with Crippen LogP contribution >= 0.6 is 11.6 Å². The van der Waals surface area contributed by atoms with Crippen LogP contribution in [-0.2, 0) is 32.7 Å². The molecule has 2 atom stereocenters. The summed E-state index contributed by atoms with van der Waals surface area (Å²) in [4.78, 5) is 13.3. The van der Waals surface area contributed by atoms with E-state index >= 15 is 0 Å². The van der Waals surface area contributed by atoms with Gasteiger partial charge in [0.1, 0.15) is 17.1 Å². The summed E-state index contributed by atoms with van der Waals surface area (Å²) < 4.78 is 42.2. The van der Waals surface area contributed by atoms with Crippen molar-refractivity contribution in [1.29, 1.82) is 0 Å². The van der Waals surface area contributed by atoms with Crippen LogP contribution in [0.25, 0.3) is 0 Å². The first-order valence-electron chi connectivity index (χ1n) is 15.2. The number of nitrogens with one attached hydrogen (secondary N) is 1. The van der Waals surface area contributed by atoms with Crippen molar-refractivity contribution in [2.45, 2.75) is 63.0 Å². The lowest BCUT2D eigenvalue weighted by Crippen LogP contribution is -2.53. The second-order valence-electron chi connectivity index (χ2n) is 12.5. The molecule has 2 aliphatic carbocycles. The Balaban J connectivity index is 1.21. The molecule has 0 radical (unpaired) electrons. The van der Waals surface area contributed by atoms with Crippen molar-refractivity contribution in [3.63, 3.8) is 0 Å². The SMILES string of the molecule is COC(=O)C1(Nc2ccc(F)c(Cl)c2)CCC2(CC1)c1cc3c(cc1CC2C[C@@H](C)COCc1ccc(OC)cc1)OCO3. The number of rotatable bonds is 10. The lowest BCUT2D eigenvalue weighted by Gasteiger charge is -2.47. The zero-order valence-electron chi connectivity index (χ0n) is 25.4. The lowest BCUT2D eigenvalue weighted by molar-refractivity contribution is -0.148. The van der Waals surface area contributed by atoms with E-state index in [4.69, 9.17) is 35.3 Å². The molecule has 9 heteroatoms. The molecule has 1 heterocycles. The van der Waals surface area contributed by atoms with Crippen LogP contribution in [0.3, 0.4) is 0 Å². The second-order valence-corrected chi connectivity index (χ2v) is 12.9. The first kappa shape index (κ1) is 30.5. The number of carbonyl (C=O) groups is 1. The van der Waals surface area contributed by atoms with Gasteiger partial charge in [0.2, 0.25) is 6.79 Å². The molecular weight excluding hydrogens is 585 g/mol. The highest BCUT2D eigenvalue weighted by molar-refractivity contribution is 6.31. The fraction of sp³-hybridized carbons (Fsp3) is 0.457. The smallest absolute Gasteiger partial charge is 0.331 e. The maximum Gasteiger partial charge on any atom is 0.331 e. The predicted molar refractivity (Wildman–Crippen MR) is 166 cm³/mol. The molecule has 44 heavy (non-hydrogen) atoms. The topological polar surface area (TPSA) is 75.3 Å². The summed E-state index contributed by atoms with van der Waals surface area (Å²) in [6.07, 6.45) is 4.58. The largest absolute Gasteiger partial charge is 0.497 e. The van der Waals surface area contributed by atoms with E-state index in [1.54, 1.807) is 13.2 Å². The number of carbonyl (C=O) groups excluding carboxylic acids is 1. The van der Waals surface area contributed by atoms with Gasteiger partial charge in [-0.3, -0.25) is 0 Å². The van der Waals surface area contributed by atoms with Crippen LogP contribution in [0, 0.1) is 17.7 Å². The number of fused-ring (bicyclic) bond motifs is 3. The fourth-order valence-corrected chi connectivity index (χ4v) is 7.67. The van der Waals surface area contributed by atoms with Crippen LogP contribution in [0.5, 0.6) is 17.2 Å². The van der Waals surface area contributed by atoms with Crippen LogP contribution in [0.4, 0.5) is 10.1 Å². The molecular formula is C35H39ClFNO6. The molecule has 6 rings (SSSR count). The Labute approximate surface area is 262 Å². The standard InChI is InChI=1S/C35H39ClFNO6/c1-22(19-42-20-23-4-7-27(40-2)8-5-23)14-25-15-24-16-31-32(44-21-43-31)18-28(24)34(25)10-12-35(13-11-34,33(39)41-3)38-26-6-9-30(37)29(36)17-26/h4-9,16-18,22,25,38H,10-15,19-21H2,1-3H3/t22-,25?,34?,35?/m1/s1. The minimum Gasteiger partial charge on any atom is -0.497 e. The molecule has 1 aliphatic heterocycles. The average Bonchev–Trinajstić information content (AvgIpc) is 3.60. The highest BCUT2D eigenvalue weighted by atomic mass is 35.5. The normalized spacial score (nSPS) is 24.2. The Morgan fingerprint density at radius 2 is 1.77 bits per heavy atom. The summed E-state index contributed by atoms with van der Waals surface area (Å²) >= 11 is 6.07. The molecule has 1 saturated carbocycles. The third kappa shape index (κ3) is 5.82. The maximum atomic E-state index is 13.9. The van der Waals surface area contributed by atoms with Crippen LogP contribution in [0.2, 0.25) is 5.02 Å². The Morgan fingerprint density at radius 3 is 2.45 bits per heavy atom. The Kier molecular flexibility index (Phi) is 8.66. The van der Waals surface area contributed by atoms with E-state index in [0.29, 0.717) is 43.6 Å². The maximum absolute atomic E-state index is 13.9. The quantitative estimate of drug-likeness (QED) is 0.235. The highest BCUT2D eigenvalue weighted by Gasteiger charge is 2.54. The van der Waals surface area contributed by atoms with Crippen LogP contribution in [-0.4, -0.2) is 39.1 Å². The van der Waals surface area contributed by atoms with Gasteiger partial charge in [-0.25, -0.2) is 9.18 Å². The van der Waals surface area contributed by atoms with Crippen molar-refractivity contribution >= 4 is 23.3 Å². The highest BCUT2D eigenvalue weighted by Crippen LogP contribution is 2.58. The van der Waals surface area contributed by atoms with Gasteiger partial charge in [0.25, 0.3) is 0 Å². The Morgan fingerprint density at radius 1 is 1.05 bits per heavy atom. The number of methoxy groups -OCH3 is 2. The van der Waals surface area contributed by atoms with Gasteiger partial charge in [-0.2, -0.15) is 0 Å². The fourth-order valence-electron chi connectivity index (χ4n) is 7.49. The van der Waals surface area contributed by atoms with E-state index in [1.165, 1.54) is 30.4 Å². The molecule has 3 aromatic carbocycles. The van der Waals surface area contributed by atoms with E-state index in [0.717, 1.165) is 48.5 Å². The number of esters is 1. The predicted octanol–water partition coefficient (Wildman–Crippen LogP) is 7.47. The lowest BCUT2D eigenvalue weighted by atomic mass is 9.59. The average molecular weight is 624 g/mol. The number of hydrogen-bond acceptors (Lipinski definition) is 7. The molecule has 1 unspecified atom stereocenters. The summed E-state index contributed by atoms with van der Waals surface area (Å²) in [5.41, 5.74) is 3.19. The van der Waals surface area contributed by atoms with Crippen molar-refractivity contribution in [3.8, 4) is 17.2 Å². The van der Waals surface area contributed by atoms with E-state index in [-0.39, 0.29) is 23.2 Å². The van der Waals surface area contributed by atoms with E-state index in [2.05, 4.69) is 24.4 Å². The van der Waals surface area contributed by atoms with Crippen LogP contribution < -0.4 is 19.5 Å². The molecule has 0 amide bonds. The summed E-state index contributed by atoms with van der Waals surface area (Å²) in [5.74, 6) is 2.27. The van der Waals surface area contributed by atoms with Gasteiger partial charge in [0.05, 0.1) is 25.8 Å². The molecule has 0 saturated heterocycles. The van der Waals surface area contributed by atoms with Gasteiger partial charge in [0, 0.05) is 12.3 Å². The summed E-state index contributed by atoms with van der Waals surface area (Å²) in [6.45, 7) is 3.67. The second kappa shape index (κ2) is 12.5. The molecule has 1 fully saturated rings. The number of ether oxygens (including phenoxy) is 5. The van der Waals surface area contributed by atoms with Crippen molar-refractivity contribution < 1.29 is 32.9 Å². The van der Waals surface area contributed by atoms with Gasteiger partial charge in [-0.15, -0.1) is 0 Å². The molecule has 234 valence electrons. The zero-order valence-corrected chi connectivity index (χ0v) is 26.2. The molecule has 7 nitrogen and oxygen atoms in total. The van der Waals surface area contributed by atoms with Gasteiger partial charge in [-0.05, 0) is 115 Å². The number of anilines is 1. The van der Waals surface area contributed by atoms with Crippen LogP contribution in [0.15, 0.2) is 54.6 Å². The van der Waals surface area contributed by atoms with Gasteiger partial charge < -0.3 is 29.0 Å². The third-order valence-electron chi connectivity index (χ3n) is 9.77. The minimum absolute atomic E-state index is 0.00588. The Hall–Kier alpha value is -3.49. The zero-order chi connectivity index (χ0) is 30.9. The summed E-state index contributed by atoms with van der Waals surface area (Å²) in [5, 5.41) is 3.40. The molecule has 3 aliphatic rings. The first-order valence-corrected chi connectivity index (χ1v) is 15.6. The molecule has 0 bridgehead atoms. The Bertz CT molecular complexity index is 1500. The van der Waals surface area contributed by atoms with Crippen LogP contribution in [0.1, 0.15) is 55.7 Å². The van der Waals surface area contributed by atoms with E-state index in [1.807, 2.05) is 24.3 Å². The summed E-state index contributed by atoms with van der Waals surface area (Å²) in [7, 11) is 3.07. The van der Waals surface area contributed by atoms with Gasteiger partial charge in [-0.1, -0.05) is 30.7 Å². The number of halogens is 2.